The van der Waals surface area contributed by atoms with Gasteiger partial charge in [-0.05, 0) is 43.5 Å². The molecule has 0 aliphatic carbocycles. The van der Waals surface area contributed by atoms with Gasteiger partial charge in [0.05, 0.1) is 26.2 Å². The number of sulfonamides is 1. The topological polar surface area (TPSA) is 84.9 Å². The Balaban J connectivity index is 2.36. The molecule has 1 atom stereocenters. The van der Waals surface area contributed by atoms with Crippen LogP contribution < -0.4 is 19.1 Å². The van der Waals surface area contributed by atoms with Crippen LogP contribution in [0.5, 0.6) is 11.5 Å². The van der Waals surface area contributed by atoms with E-state index in [1.807, 2.05) is 24.5 Å². The Morgan fingerprint density at radius 3 is 2.36 bits per heavy atom. The highest BCUT2D eigenvalue weighted by Crippen LogP contribution is 2.33. The van der Waals surface area contributed by atoms with Crippen LogP contribution in [0.4, 0.5) is 11.4 Å². The Morgan fingerprint density at radius 1 is 1.11 bits per heavy atom. The molecule has 0 saturated carbocycles. The average molecular weight is 425 g/mol. The van der Waals surface area contributed by atoms with Gasteiger partial charge in [0, 0.05) is 16.6 Å². The number of methoxy groups -OCH3 is 2. The molecule has 0 aliphatic rings. The lowest BCUT2D eigenvalue weighted by molar-refractivity contribution is -0.116. The maximum absolute atomic E-state index is 12.8. The van der Waals surface area contributed by atoms with Crippen LogP contribution in [-0.2, 0) is 14.8 Å². The maximum atomic E-state index is 12.8. The molecule has 7 nitrogen and oxygen atoms in total. The number of amides is 1. The fourth-order valence-corrected chi connectivity index (χ4v) is 4.34. The van der Waals surface area contributed by atoms with Crippen LogP contribution in [0.3, 0.4) is 0 Å². The summed E-state index contributed by atoms with van der Waals surface area (Å²) in [4.78, 5) is 13.8. The zero-order valence-corrected chi connectivity index (χ0v) is 18.1. The van der Waals surface area contributed by atoms with Crippen molar-refractivity contribution in [3.05, 3.63) is 42.5 Å². The summed E-state index contributed by atoms with van der Waals surface area (Å²) in [6.07, 6.45) is 2.99. The summed E-state index contributed by atoms with van der Waals surface area (Å²) in [6, 6.07) is 11.1. The number of carbonyl (C=O) groups is 1. The fourth-order valence-electron chi connectivity index (χ4n) is 2.72. The van der Waals surface area contributed by atoms with Gasteiger partial charge < -0.3 is 14.8 Å². The van der Waals surface area contributed by atoms with Crippen LogP contribution >= 0.6 is 11.8 Å². The van der Waals surface area contributed by atoms with Crippen LogP contribution in [0.25, 0.3) is 0 Å². The van der Waals surface area contributed by atoms with Crippen molar-refractivity contribution in [2.45, 2.75) is 17.9 Å². The highest BCUT2D eigenvalue weighted by molar-refractivity contribution is 7.98. The minimum absolute atomic E-state index is 0.306. The second-order valence-electron chi connectivity index (χ2n) is 6.00. The van der Waals surface area contributed by atoms with Crippen LogP contribution in [0, 0.1) is 0 Å². The van der Waals surface area contributed by atoms with Crippen molar-refractivity contribution in [1.82, 2.24) is 0 Å². The molecule has 0 aliphatic heterocycles. The molecular formula is C19H24N2O5S2. The van der Waals surface area contributed by atoms with E-state index >= 15 is 0 Å². The molecule has 0 bridgehead atoms. The summed E-state index contributed by atoms with van der Waals surface area (Å²) in [5.74, 6) is 0.387. The molecule has 0 radical (unpaired) electrons. The summed E-state index contributed by atoms with van der Waals surface area (Å²) in [5.41, 5.74) is 0.908. The summed E-state index contributed by atoms with van der Waals surface area (Å²) < 4.78 is 36.4. The molecule has 2 aromatic carbocycles. The first-order chi connectivity index (χ1) is 13.2. The normalized spacial score (nSPS) is 12.2. The van der Waals surface area contributed by atoms with Gasteiger partial charge in [0.25, 0.3) is 0 Å². The number of hydrogen-bond acceptors (Lipinski definition) is 6. The predicted molar refractivity (Wildman–Crippen MR) is 113 cm³/mol. The number of hydrogen-bond donors (Lipinski definition) is 1. The zero-order valence-electron chi connectivity index (χ0n) is 16.4. The molecule has 2 rings (SSSR count). The first kappa shape index (κ1) is 21.9. The van der Waals surface area contributed by atoms with E-state index in [1.54, 1.807) is 30.0 Å². The van der Waals surface area contributed by atoms with Gasteiger partial charge in [0.15, 0.2) is 11.5 Å². The smallest absolute Gasteiger partial charge is 0.247 e. The molecule has 2 aromatic rings. The lowest BCUT2D eigenvalue weighted by Crippen LogP contribution is -2.45. The summed E-state index contributed by atoms with van der Waals surface area (Å²) in [5, 5.41) is 2.78. The molecule has 0 saturated heterocycles. The third-order valence-corrected chi connectivity index (χ3v) is 6.01. The maximum Gasteiger partial charge on any atom is 0.247 e. The Labute approximate surface area is 170 Å². The van der Waals surface area contributed by atoms with Gasteiger partial charge in [0.2, 0.25) is 15.9 Å². The predicted octanol–water partition coefficient (Wildman–Crippen LogP) is 3.22. The lowest BCUT2D eigenvalue weighted by atomic mass is 10.2. The van der Waals surface area contributed by atoms with E-state index in [9.17, 15) is 13.2 Å². The number of benzene rings is 2. The third-order valence-electron chi connectivity index (χ3n) is 4.05. The van der Waals surface area contributed by atoms with Crippen molar-refractivity contribution >= 4 is 39.1 Å². The van der Waals surface area contributed by atoms with Gasteiger partial charge in [0.1, 0.15) is 6.04 Å². The average Bonchev–Trinajstić information content (AvgIpc) is 2.66. The van der Waals surface area contributed by atoms with Gasteiger partial charge >= 0.3 is 0 Å². The lowest BCUT2D eigenvalue weighted by Gasteiger charge is -2.28. The van der Waals surface area contributed by atoms with E-state index < -0.39 is 22.0 Å². The first-order valence-electron chi connectivity index (χ1n) is 8.37. The molecular weight excluding hydrogens is 400 g/mol. The molecule has 28 heavy (non-hydrogen) atoms. The monoisotopic (exact) mass is 424 g/mol. The number of ether oxygens (including phenoxy) is 2. The molecule has 0 heterocycles. The van der Waals surface area contributed by atoms with Crippen molar-refractivity contribution in [2.75, 3.05) is 36.4 Å². The van der Waals surface area contributed by atoms with E-state index in [0.29, 0.717) is 22.9 Å². The van der Waals surface area contributed by atoms with E-state index in [-0.39, 0.29) is 0 Å². The number of thioether (sulfide) groups is 1. The Bertz CT molecular complexity index is 947. The Kier molecular flexibility index (Phi) is 7.20. The number of nitrogens with zero attached hydrogens (tertiary/aromatic N) is 1. The second kappa shape index (κ2) is 9.20. The van der Waals surface area contributed by atoms with Crippen LogP contribution in [0.15, 0.2) is 47.4 Å². The number of anilines is 2. The summed E-state index contributed by atoms with van der Waals surface area (Å²) >= 11 is 1.55. The fraction of sp³-hybridized carbons (Fsp3) is 0.316. The van der Waals surface area contributed by atoms with Crippen molar-refractivity contribution in [3.8, 4) is 11.5 Å². The van der Waals surface area contributed by atoms with Crippen molar-refractivity contribution in [2.24, 2.45) is 0 Å². The van der Waals surface area contributed by atoms with E-state index in [0.717, 1.165) is 15.5 Å². The van der Waals surface area contributed by atoms with Crippen molar-refractivity contribution < 1.29 is 22.7 Å². The molecule has 1 N–H and O–H groups in total. The molecule has 0 fully saturated rings. The standard InChI is InChI=1S/C19H24N2O5S2/c1-13(19(22)20-14-7-6-8-16(11-14)27-4)21(28(5,23)24)15-9-10-17(25-2)18(12-15)26-3/h6-13H,1-5H3,(H,20,22)/t13-/m0/s1. The molecule has 0 aromatic heterocycles. The van der Waals surface area contributed by atoms with Crippen LogP contribution in [0.1, 0.15) is 6.92 Å². The van der Waals surface area contributed by atoms with Gasteiger partial charge in [-0.3, -0.25) is 9.10 Å². The van der Waals surface area contributed by atoms with Gasteiger partial charge in [-0.1, -0.05) is 6.07 Å². The number of carbonyl (C=O) groups excluding carboxylic acids is 1. The molecule has 9 heteroatoms. The van der Waals surface area contributed by atoms with Gasteiger partial charge in [-0.25, -0.2) is 8.42 Å². The highest BCUT2D eigenvalue weighted by atomic mass is 32.2. The molecule has 0 unspecified atom stereocenters. The summed E-state index contributed by atoms with van der Waals surface area (Å²) in [7, 11) is -0.790. The molecule has 0 spiro atoms. The summed E-state index contributed by atoms with van der Waals surface area (Å²) in [6.45, 7) is 1.53. The van der Waals surface area contributed by atoms with E-state index in [4.69, 9.17) is 9.47 Å². The van der Waals surface area contributed by atoms with E-state index in [2.05, 4.69) is 5.32 Å². The Morgan fingerprint density at radius 2 is 1.79 bits per heavy atom. The molecule has 152 valence electrons. The number of nitrogens with one attached hydrogen (secondary N) is 1. The minimum Gasteiger partial charge on any atom is -0.493 e. The zero-order chi connectivity index (χ0) is 20.9. The molecule has 1 amide bonds. The van der Waals surface area contributed by atoms with E-state index in [1.165, 1.54) is 27.2 Å². The largest absolute Gasteiger partial charge is 0.493 e. The Hall–Kier alpha value is -2.39. The van der Waals surface area contributed by atoms with Gasteiger partial charge in [-0.15, -0.1) is 11.8 Å². The van der Waals surface area contributed by atoms with Crippen molar-refractivity contribution in [1.29, 1.82) is 0 Å². The minimum atomic E-state index is -3.74. The van der Waals surface area contributed by atoms with Crippen LogP contribution in [0.2, 0.25) is 0 Å². The quantitative estimate of drug-likeness (QED) is 0.655. The second-order valence-corrected chi connectivity index (χ2v) is 8.73. The highest BCUT2D eigenvalue weighted by Gasteiger charge is 2.30. The van der Waals surface area contributed by atoms with Gasteiger partial charge in [-0.2, -0.15) is 0 Å². The van der Waals surface area contributed by atoms with Crippen molar-refractivity contribution in [3.63, 3.8) is 0 Å². The van der Waals surface area contributed by atoms with Crippen LogP contribution in [-0.4, -0.2) is 47.1 Å². The SMILES string of the molecule is COc1ccc(N([C@@H](C)C(=O)Nc2cccc(SC)c2)S(C)(=O)=O)cc1OC. The first-order valence-corrected chi connectivity index (χ1v) is 11.4. The number of rotatable bonds is 8. The third kappa shape index (κ3) is 5.11.